The first-order valence-electron chi connectivity index (χ1n) is 7.73. The normalized spacial score (nSPS) is 21.3. The van der Waals surface area contributed by atoms with E-state index >= 15 is 0 Å². The Hall–Kier alpha value is -1.79. The molecule has 7 heteroatoms. The fraction of sp³-hybridized carbons (Fsp3) is 0.500. The van der Waals surface area contributed by atoms with Crippen molar-refractivity contribution < 1.29 is 9.53 Å². The summed E-state index contributed by atoms with van der Waals surface area (Å²) in [4.78, 5) is 22.0. The van der Waals surface area contributed by atoms with Crippen molar-refractivity contribution in [2.45, 2.75) is 25.5 Å². The average molecular weight is 337 g/mol. The van der Waals surface area contributed by atoms with Crippen LogP contribution in [-0.2, 0) is 23.1 Å². The van der Waals surface area contributed by atoms with E-state index < -0.39 is 0 Å². The lowest BCUT2D eigenvalue weighted by Gasteiger charge is -2.32. The summed E-state index contributed by atoms with van der Waals surface area (Å²) in [6.07, 6.45) is 6.67. The van der Waals surface area contributed by atoms with Crippen molar-refractivity contribution in [3.63, 3.8) is 0 Å². The van der Waals surface area contributed by atoms with Crippen molar-refractivity contribution in [3.8, 4) is 0 Å². The molecule has 3 heterocycles. The molecule has 0 bridgehead atoms. The molecule has 2 atom stereocenters. The van der Waals surface area contributed by atoms with Crippen LogP contribution in [0.2, 0.25) is 5.02 Å². The zero-order valence-corrected chi connectivity index (χ0v) is 14.1. The number of aromatic nitrogens is 3. The number of carbonyl (C=O) groups excluding carboxylic acids is 1. The summed E-state index contributed by atoms with van der Waals surface area (Å²) in [6.45, 7) is 1.18. The van der Waals surface area contributed by atoms with Gasteiger partial charge in [0.2, 0.25) is 5.91 Å². The number of H-pyrrole nitrogens is 1. The van der Waals surface area contributed by atoms with Gasteiger partial charge in [-0.15, -0.1) is 0 Å². The summed E-state index contributed by atoms with van der Waals surface area (Å²) in [7, 11) is 3.74. The zero-order chi connectivity index (χ0) is 16.4. The van der Waals surface area contributed by atoms with Crippen LogP contribution in [0.4, 0.5) is 0 Å². The Kier molecular flexibility index (Phi) is 4.73. The molecular formula is C16H21ClN4O2. The lowest BCUT2D eigenvalue weighted by atomic mass is 9.92. The maximum atomic E-state index is 12.9. The van der Waals surface area contributed by atoms with Crippen LogP contribution in [0.25, 0.3) is 0 Å². The van der Waals surface area contributed by atoms with Gasteiger partial charge in [0, 0.05) is 45.0 Å². The van der Waals surface area contributed by atoms with Crippen LogP contribution in [0.5, 0.6) is 0 Å². The molecule has 0 saturated carbocycles. The minimum Gasteiger partial charge on any atom is -0.369 e. The number of halogens is 1. The Morgan fingerprint density at radius 2 is 2.43 bits per heavy atom. The van der Waals surface area contributed by atoms with E-state index in [1.165, 1.54) is 0 Å². The van der Waals surface area contributed by atoms with E-state index in [9.17, 15) is 4.79 Å². The number of aromatic amines is 1. The zero-order valence-electron chi connectivity index (χ0n) is 13.3. The molecule has 1 aliphatic rings. The number of rotatable bonds is 4. The third-order valence-corrected chi connectivity index (χ3v) is 4.49. The fourth-order valence-electron chi connectivity index (χ4n) is 3.06. The first kappa shape index (κ1) is 16.1. The summed E-state index contributed by atoms with van der Waals surface area (Å²) >= 11 is 6.01. The Balaban J connectivity index is 1.73. The Bertz CT molecular complexity index is 668. The van der Waals surface area contributed by atoms with Crippen molar-refractivity contribution in [1.29, 1.82) is 0 Å². The molecule has 23 heavy (non-hydrogen) atoms. The van der Waals surface area contributed by atoms with Crippen LogP contribution in [0.1, 0.15) is 30.5 Å². The van der Waals surface area contributed by atoms with E-state index in [2.05, 4.69) is 9.97 Å². The van der Waals surface area contributed by atoms with E-state index in [-0.39, 0.29) is 17.9 Å². The molecular weight excluding hydrogens is 316 g/mol. The minimum atomic E-state index is -0.300. The van der Waals surface area contributed by atoms with Crippen molar-refractivity contribution in [2.24, 2.45) is 13.0 Å². The van der Waals surface area contributed by atoms with E-state index in [0.717, 1.165) is 24.4 Å². The number of amides is 1. The van der Waals surface area contributed by atoms with E-state index in [1.807, 2.05) is 30.9 Å². The van der Waals surface area contributed by atoms with Crippen molar-refractivity contribution in [3.05, 3.63) is 41.2 Å². The number of hydrogen-bond acceptors (Lipinski definition) is 3. The number of nitrogens with zero attached hydrogens (tertiary/aromatic N) is 3. The van der Waals surface area contributed by atoms with Gasteiger partial charge in [0.05, 0.1) is 17.5 Å². The van der Waals surface area contributed by atoms with Gasteiger partial charge in [-0.25, -0.2) is 4.98 Å². The van der Waals surface area contributed by atoms with Gasteiger partial charge in [0.15, 0.2) is 0 Å². The molecule has 6 nitrogen and oxygen atoms in total. The van der Waals surface area contributed by atoms with Crippen LogP contribution in [-0.4, -0.2) is 39.0 Å². The quantitative estimate of drug-likeness (QED) is 0.933. The predicted octanol–water partition coefficient (Wildman–Crippen LogP) is 2.53. The third-order valence-electron chi connectivity index (χ3n) is 4.28. The summed E-state index contributed by atoms with van der Waals surface area (Å²) in [6, 6.07) is 1.88. The monoisotopic (exact) mass is 336 g/mol. The van der Waals surface area contributed by atoms with E-state index in [0.29, 0.717) is 18.2 Å². The van der Waals surface area contributed by atoms with Crippen molar-refractivity contribution >= 4 is 17.5 Å². The first-order chi connectivity index (χ1) is 11.1. The van der Waals surface area contributed by atoms with Gasteiger partial charge in [-0.3, -0.25) is 4.79 Å². The predicted molar refractivity (Wildman–Crippen MR) is 86.9 cm³/mol. The molecule has 1 saturated heterocycles. The minimum absolute atomic E-state index is 0.0726. The molecule has 0 aliphatic carbocycles. The second-order valence-electron chi connectivity index (χ2n) is 5.97. The highest BCUT2D eigenvalue weighted by Gasteiger charge is 2.36. The summed E-state index contributed by atoms with van der Waals surface area (Å²) in [5.74, 6) is 0.581. The van der Waals surface area contributed by atoms with Gasteiger partial charge < -0.3 is 19.2 Å². The molecule has 0 radical (unpaired) electrons. The molecule has 2 aromatic rings. The Labute approximate surface area is 140 Å². The summed E-state index contributed by atoms with van der Waals surface area (Å²) in [5.41, 5.74) is 0.997. The third kappa shape index (κ3) is 3.43. The van der Waals surface area contributed by atoms with Crippen LogP contribution in [0, 0.1) is 5.92 Å². The Morgan fingerprint density at radius 1 is 1.61 bits per heavy atom. The van der Waals surface area contributed by atoms with Gasteiger partial charge in [0.1, 0.15) is 11.9 Å². The molecule has 0 spiro atoms. The molecule has 1 N–H and O–H groups in total. The lowest BCUT2D eigenvalue weighted by Crippen LogP contribution is -2.39. The van der Waals surface area contributed by atoms with Crippen LogP contribution in [0.15, 0.2) is 24.7 Å². The number of imidazole rings is 1. The summed E-state index contributed by atoms with van der Waals surface area (Å²) in [5, 5.41) is 0.679. The maximum absolute atomic E-state index is 12.9. The second-order valence-corrected chi connectivity index (χ2v) is 6.41. The highest BCUT2D eigenvalue weighted by atomic mass is 35.5. The number of carbonyl (C=O) groups is 1. The molecule has 2 aromatic heterocycles. The van der Waals surface area contributed by atoms with Gasteiger partial charge in [-0.1, -0.05) is 11.6 Å². The molecule has 124 valence electrons. The fourth-order valence-corrected chi connectivity index (χ4v) is 3.34. The van der Waals surface area contributed by atoms with Gasteiger partial charge in [-0.2, -0.15) is 0 Å². The maximum Gasteiger partial charge on any atom is 0.228 e. The largest absolute Gasteiger partial charge is 0.369 e. The average Bonchev–Trinajstić information content (AvgIpc) is 3.17. The topological polar surface area (TPSA) is 63.1 Å². The Morgan fingerprint density at radius 3 is 3.09 bits per heavy atom. The van der Waals surface area contributed by atoms with E-state index in [4.69, 9.17) is 16.3 Å². The van der Waals surface area contributed by atoms with Gasteiger partial charge >= 0.3 is 0 Å². The molecule has 1 amide bonds. The smallest absolute Gasteiger partial charge is 0.228 e. The number of hydrogen-bond donors (Lipinski definition) is 1. The van der Waals surface area contributed by atoms with Crippen molar-refractivity contribution in [1.82, 2.24) is 19.4 Å². The number of aryl methyl sites for hydroxylation is 1. The molecule has 1 fully saturated rings. The van der Waals surface area contributed by atoms with Crippen LogP contribution < -0.4 is 0 Å². The van der Waals surface area contributed by atoms with Gasteiger partial charge in [0.25, 0.3) is 0 Å². The van der Waals surface area contributed by atoms with Gasteiger partial charge in [-0.05, 0) is 18.9 Å². The van der Waals surface area contributed by atoms with Crippen molar-refractivity contribution in [2.75, 3.05) is 13.7 Å². The highest BCUT2D eigenvalue weighted by molar-refractivity contribution is 6.30. The molecule has 1 aliphatic heterocycles. The highest BCUT2D eigenvalue weighted by Crippen LogP contribution is 2.33. The molecule has 3 rings (SSSR count). The lowest BCUT2D eigenvalue weighted by molar-refractivity contribution is -0.145. The molecule has 0 unspecified atom stereocenters. The van der Waals surface area contributed by atoms with Crippen LogP contribution in [0.3, 0.4) is 0 Å². The molecule has 0 aromatic carbocycles. The van der Waals surface area contributed by atoms with E-state index in [1.54, 1.807) is 17.3 Å². The summed E-state index contributed by atoms with van der Waals surface area (Å²) < 4.78 is 7.75. The number of ether oxygens (including phenoxy) is 1. The van der Waals surface area contributed by atoms with Crippen LogP contribution >= 0.6 is 11.6 Å². The number of nitrogens with one attached hydrogen (secondary N) is 1. The standard InChI is InChI=1S/C16H21ClN4O2/c1-20-9-11(17)8-12(20)10-21(2)16(22)13-4-3-7-23-14(13)15-18-5-6-19-15/h5-6,8-9,13-14H,3-4,7,10H2,1-2H3,(H,18,19)/t13-,14-/m1/s1. The second kappa shape index (κ2) is 6.76. The first-order valence-corrected chi connectivity index (χ1v) is 8.10. The SMILES string of the molecule is CN(Cc1cc(Cl)cn1C)C(=O)[C@@H]1CCCO[C@H]1c1ncc[nH]1.